The van der Waals surface area contributed by atoms with E-state index < -0.39 is 0 Å². The molecule has 1 aromatic heterocycles. The molecule has 0 saturated carbocycles. The van der Waals surface area contributed by atoms with Crippen molar-refractivity contribution in [2.24, 2.45) is 5.92 Å². The van der Waals surface area contributed by atoms with Crippen LogP contribution in [0.3, 0.4) is 0 Å². The predicted octanol–water partition coefficient (Wildman–Crippen LogP) is 3.66. The van der Waals surface area contributed by atoms with Crippen molar-refractivity contribution in [1.82, 2.24) is 20.0 Å². The first-order valence-corrected chi connectivity index (χ1v) is 12.4. The van der Waals surface area contributed by atoms with Gasteiger partial charge in [-0.2, -0.15) is 0 Å². The molecule has 188 valence electrons. The molecule has 0 unspecified atom stereocenters. The number of hydrogen-bond donors (Lipinski definition) is 0. The number of carbonyl (C=O) groups is 2. The number of amides is 2. The van der Waals surface area contributed by atoms with Crippen LogP contribution in [0.4, 0.5) is 10.2 Å². The highest BCUT2D eigenvalue weighted by Crippen LogP contribution is 2.20. The average Bonchev–Trinajstić information content (AvgIpc) is 2.91. The van der Waals surface area contributed by atoms with Gasteiger partial charge in [0.1, 0.15) is 5.82 Å². The fourth-order valence-corrected chi connectivity index (χ4v) is 4.26. The van der Waals surface area contributed by atoms with Crippen LogP contribution in [0, 0.1) is 11.7 Å². The smallest absolute Gasteiger partial charge is 0.242 e. The third-order valence-electron chi connectivity index (χ3n) is 6.39. The van der Waals surface area contributed by atoms with Gasteiger partial charge in [-0.3, -0.25) is 9.59 Å². The van der Waals surface area contributed by atoms with Crippen LogP contribution in [0.15, 0.2) is 66.7 Å². The second kappa shape index (κ2) is 11.7. The van der Waals surface area contributed by atoms with E-state index in [1.807, 2.05) is 61.2 Å². The fourth-order valence-electron chi connectivity index (χ4n) is 4.26. The van der Waals surface area contributed by atoms with E-state index in [2.05, 4.69) is 15.1 Å². The summed E-state index contributed by atoms with van der Waals surface area (Å²) in [6.45, 7) is 6.73. The molecule has 1 fully saturated rings. The van der Waals surface area contributed by atoms with Crippen LogP contribution in [0.25, 0.3) is 11.3 Å². The quantitative estimate of drug-likeness (QED) is 0.483. The standard InChI is InChI=1S/C28H32FN5O2/c1-21(2)28(36)34(15-14-22-6-4-3-5-7-22)20-27(35)33-18-16-32(17-19-33)26-13-12-25(30-31-26)23-8-10-24(29)11-9-23/h3-13,21H,14-20H2,1-2H3. The summed E-state index contributed by atoms with van der Waals surface area (Å²) >= 11 is 0. The van der Waals surface area contributed by atoms with E-state index >= 15 is 0 Å². The number of anilines is 1. The fraction of sp³-hybridized carbons (Fsp3) is 0.357. The minimum atomic E-state index is -0.288. The normalized spacial score (nSPS) is 13.7. The first-order valence-electron chi connectivity index (χ1n) is 12.4. The third kappa shape index (κ3) is 6.44. The molecule has 0 radical (unpaired) electrons. The van der Waals surface area contributed by atoms with Crippen LogP contribution in [0.1, 0.15) is 19.4 Å². The number of halogens is 1. The number of hydrogen-bond acceptors (Lipinski definition) is 5. The maximum absolute atomic E-state index is 13.2. The van der Waals surface area contributed by atoms with Gasteiger partial charge in [-0.05, 0) is 48.4 Å². The first kappa shape index (κ1) is 25.3. The Labute approximate surface area is 211 Å². The zero-order valence-corrected chi connectivity index (χ0v) is 20.8. The van der Waals surface area contributed by atoms with Crippen molar-refractivity contribution in [3.63, 3.8) is 0 Å². The Hall–Kier alpha value is -3.81. The molecular weight excluding hydrogens is 457 g/mol. The van der Waals surface area contributed by atoms with Gasteiger partial charge < -0.3 is 14.7 Å². The van der Waals surface area contributed by atoms with E-state index in [9.17, 15) is 14.0 Å². The van der Waals surface area contributed by atoms with Crippen LogP contribution < -0.4 is 4.90 Å². The van der Waals surface area contributed by atoms with Gasteiger partial charge in [0.15, 0.2) is 5.82 Å². The molecule has 1 aliphatic rings. The summed E-state index contributed by atoms with van der Waals surface area (Å²) in [4.78, 5) is 31.5. The predicted molar refractivity (Wildman–Crippen MR) is 138 cm³/mol. The SMILES string of the molecule is CC(C)C(=O)N(CCc1ccccc1)CC(=O)N1CCN(c2ccc(-c3ccc(F)cc3)nn2)CC1. The van der Waals surface area contributed by atoms with Crippen molar-refractivity contribution in [2.45, 2.75) is 20.3 Å². The lowest BCUT2D eigenvalue weighted by atomic mass is 10.1. The van der Waals surface area contributed by atoms with E-state index in [0.717, 1.165) is 16.9 Å². The van der Waals surface area contributed by atoms with Gasteiger partial charge in [-0.25, -0.2) is 4.39 Å². The van der Waals surface area contributed by atoms with Crippen LogP contribution in [-0.2, 0) is 16.0 Å². The highest BCUT2D eigenvalue weighted by atomic mass is 19.1. The third-order valence-corrected chi connectivity index (χ3v) is 6.39. The van der Waals surface area contributed by atoms with E-state index in [1.54, 1.807) is 17.0 Å². The maximum Gasteiger partial charge on any atom is 0.242 e. The Balaban J connectivity index is 1.32. The van der Waals surface area contributed by atoms with Gasteiger partial charge >= 0.3 is 0 Å². The molecule has 2 heterocycles. The molecule has 7 nitrogen and oxygen atoms in total. The first-order chi connectivity index (χ1) is 17.4. The molecule has 0 N–H and O–H groups in total. The van der Waals surface area contributed by atoms with Crippen LogP contribution in [0.2, 0.25) is 0 Å². The van der Waals surface area contributed by atoms with Gasteiger partial charge in [-0.15, -0.1) is 10.2 Å². The molecule has 2 aromatic carbocycles. The zero-order valence-electron chi connectivity index (χ0n) is 20.8. The zero-order chi connectivity index (χ0) is 25.5. The summed E-state index contributed by atoms with van der Waals surface area (Å²) < 4.78 is 13.2. The molecule has 8 heteroatoms. The van der Waals surface area contributed by atoms with E-state index in [1.165, 1.54) is 12.1 Å². The molecule has 1 saturated heterocycles. The van der Waals surface area contributed by atoms with Crippen molar-refractivity contribution in [3.05, 3.63) is 78.1 Å². The average molecular weight is 490 g/mol. The van der Waals surface area contributed by atoms with Crippen LogP contribution >= 0.6 is 0 Å². The number of nitrogens with zero attached hydrogens (tertiary/aromatic N) is 5. The monoisotopic (exact) mass is 489 g/mol. The lowest BCUT2D eigenvalue weighted by Gasteiger charge is -2.36. The van der Waals surface area contributed by atoms with Crippen molar-refractivity contribution in [3.8, 4) is 11.3 Å². The van der Waals surface area contributed by atoms with Gasteiger partial charge in [0.25, 0.3) is 0 Å². The summed E-state index contributed by atoms with van der Waals surface area (Å²) in [6.07, 6.45) is 0.715. The topological polar surface area (TPSA) is 69.6 Å². The maximum atomic E-state index is 13.2. The highest BCUT2D eigenvalue weighted by molar-refractivity contribution is 5.85. The van der Waals surface area contributed by atoms with Gasteiger partial charge in [0.05, 0.1) is 12.2 Å². The highest BCUT2D eigenvalue weighted by Gasteiger charge is 2.26. The molecule has 0 aliphatic carbocycles. The van der Waals surface area contributed by atoms with Gasteiger partial charge in [-0.1, -0.05) is 44.2 Å². The lowest BCUT2D eigenvalue weighted by molar-refractivity contribution is -0.142. The van der Waals surface area contributed by atoms with Gasteiger partial charge in [0, 0.05) is 44.2 Å². The second-order valence-corrected chi connectivity index (χ2v) is 9.30. The summed E-state index contributed by atoms with van der Waals surface area (Å²) in [7, 11) is 0. The van der Waals surface area contributed by atoms with Crippen molar-refractivity contribution in [2.75, 3.05) is 44.2 Å². The minimum absolute atomic E-state index is 0.00515. The molecule has 0 spiro atoms. The number of aromatic nitrogens is 2. The lowest BCUT2D eigenvalue weighted by Crippen LogP contribution is -2.52. The summed E-state index contributed by atoms with van der Waals surface area (Å²) in [6, 6.07) is 19.9. The summed E-state index contributed by atoms with van der Waals surface area (Å²) in [5.41, 5.74) is 2.63. The summed E-state index contributed by atoms with van der Waals surface area (Å²) in [5.74, 6) is 0.252. The Morgan fingerprint density at radius 2 is 1.61 bits per heavy atom. The molecule has 0 bridgehead atoms. The molecule has 2 amide bonds. The van der Waals surface area contributed by atoms with Gasteiger partial charge in [0.2, 0.25) is 11.8 Å². The van der Waals surface area contributed by atoms with Crippen molar-refractivity contribution < 1.29 is 14.0 Å². The van der Waals surface area contributed by atoms with Crippen molar-refractivity contribution in [1.29, 1.82) is 0 Å². The number of piperazine rings is 1. The molecule has 1 aliphatic heterocycles. The number of rotatable bonds is 8. The summed E-state index contributed by atoms with van der Waals surface area (Å²) in [5, 5.41) is 8.63. The number of carbonyl (C=O) groups excluding carboxylic acids is 2. The minimum Gasteiger partial charge on any atom is -0.352 e. The second-order valence-electron chi connectivity index (χ2n) is 9.30. The van der Waals surface area contributed by atoms with Crippen LogP contribution in [-0.4, -0.2) is 71.1 Å². The Morgan fingerprint density at radius 3 is 2.22 bits per heavy atom. The van der Waals surface area contributed by atoms with Crippen molar-refractivity contribution >= 4 is 17.6 Å². The molecule has 4 rings (SSSR count). The van der Waals surface area contributed by atoms with E-state index in [0.29, 0.717) is 44.8 Å². The molecular formula is C28H32FN5O2. The molecule has 0 atom stereocenters. The Kier molecular flexibility index (Phi) is 8.25. The Morgan fingerprint density at radius 1 is 0.917 bits per heavy atom. The number of benzene rings is 2. The molecule has 36 heavy (non-hydrogen) atoms. The Bertz CT molecular complexity index is 1140. The van der Waals surface area contributed by atoms with E-state index in [4.69, 9.17) is 0 Å². The van der Waals surface area contributed by atoms with Crippen LogP contribution in [0.5, 0.6) is 0 Å². The van der Waals surface area contributed by atoms with E-state index in [-0.39, 0.29) is 30.1 Å². The largest absolute Gasteiger partial charge is 0.352 e. The molecule has 3 aromatic rings.